The minimum atomic E-state index is -4.76. The molecule has 0 radical (unpaired) electrons. The molecule has 0 saturated heterocycles. The molecule has 1 N–H and O–H groups in total. The van der Waals surface area contributed by atoms with Gasteiger partial charge in [-0.2, -0.15) is 13.2 Å². The van der Waals surface area contributed by atoms with E-state index in [1.807, 2.05) is 0 Å². The quantitative estimate of drug-likeness (QED) is 0.590. The summed E-state index contributed by atoms with van der Waals surface area (Å²) in [5, 5.41) is 9.26. The lowest BCUT2D eigenvalue weighted by Gasteiger charge is -2.15. The predicted molar refractivity (Wildman–Crippen MR) is 88.1 cm³/mol. The lowest BCUT2D eigenvalue weighted by atomic mass is 10.1. The number of carboxylic acids is 1. The number of aromatic nitrogens is 1. The molecule has 4 nitrogen and oxygen atoms in total. The molecule has 0 bridgehead atoms. The Balaban J connectivity index is 2.13. The first-order valence-electron chi connectivity index (χ1n) is 7.71. The van der Waals surface area contributed by atoms with Gasteiger partial charge in [-0.05, 0) is 36.4 Å². The van der Waals surface area contributed by atoms with Crippen molar-refractivity contribution in [1.82, 2.24) is 4.98 Å². The molecule has 0 amide bonds. The first kappa shape index (κ1) is 19.3. The molecule has 0 unspecified atom stereocenters. The van der Waals surface area contributed by atoms with Gasteiger partial charge < -0.3 is 9.84 Å². The van der Waals surface area contributed by atoms with Crippen molar-refractivity contribution in [1.29, 1.82) is 0 Å². The van der Waals surface area contributed by atoms with E-state index in [2.05, 4.69) is 4.98 Å². The summed E-state index contributed by atoms with van der Waals surface area (Å²) in [6.45, 7) is 0. The highest BCUT2D eigenvalue weighted by atomic mass is 19.4. The number of hydrogen-bond acceptors (Lipinski definition) is 3. The molecular formula is C19H10F5NO3. The van der Waals surface area contributed by atoms with Crippen LogP contribution in [-0.4, -0.2) is 16.1 Å². The van der Waals surface area contributed by atoms with Gasteiger partial charge in [-0.25, -0.2) is 18.6 Å². The normalized spacial score (nSPS) is 11.3. The van der Waals surface area contributed by atoms with Crippen LogP contribution in [0.3, 0.4) is 0 Å². The van der Waals surface area contributed by atoms with Crippen molar-refractivity contribution in [3.8, 4) is 22.9 Å². The molecular weight excluding hydrogens is 385 g/mol. The highest BCUT2D eigenvalue weighted by molar-refractivity contribution is 5.90. The largest absolute Gasteiger partial charge is 0.477 e. The van der Waals surface area contributed by atoms with E-state index >= 15 is 0 Å². The Morgan fingerprint density at radius 3 is 2.36 bits per heavy atom. The van der Waals surface area contributed by atoms with Crippen LogP contribution in [-0.2, 0) is 6.18 Å². The van der Waals surface area contributed by atoms with Gasteiger partial charge in [-0.3, -0.25) is 0 Å². The molecule has 144 valence electrons. The molecule has 28 heavy (non-hydrogen) atoms. The van der Waals surface area contributed by atoms with Gasteiger partial charge in [0, 0.05) is 5.56 Å². The zero-order valence-corrected chi connectivity index (χ0v) is 13.8. The molecule has 2 aromatic carbocycles. The summed E-state index contributed by atoms with van der Waals surface area (Å²) in [5.41, 5.74) is -2.19. The van der Waals surface area contributed by atoms with Crippen molar-refractivity contribution < 1.29 is 36.6 Å². The second-order valence-electron chi connectivity index (χ2n) is 5.55. The molecule has 9 heteroatoms. The summed E-state index contributed by atoms with van der Waals surface area (Å²) in [6.07, 6.45) is -4.76. The van der Waals surface area contributed by atoms with Crippen LogP contribution >= 0.6 is 0 Å². The van der Waals surface area contributed by atoms with Crippen LogP contribution in [0.25, 0.3) is 11.3 Å². The molecule has 3 rings (SSSR count). The maximum Gasteiger partial charge on any atom is 0.419 e. The number of carboxylic acid groups (broad SMARTS) is 1. The van der Waals surface area contributed by atoms with E-state index in [1.165, 1.54) is 18.2 Å². The Bertz CT molecular complexity index is 1050. The number of para-hydroxylation sites is 1. The fourth-order valence-corrected chi connectivity index (χ4v) is 2.43. The van der Waals surface area contributed by atoms with Crippen LogP contribution in [0.2, 0.25) is 0 Å². The van der Waals surface area contributed by atoms with Gasteiger partial charge >= 0.3 is 12.1 Å². The molecule has 1 aromatic heterocycles. The number of pyridine rings is 1. The van der Waals surface area contributed by atoms with Crippen LogP contribution in [0.15, 0.2) is 54.6 Å². The van der Waals surface area contributed by atoms with E-state index in [1.54, 1.807) is 0 Å². The zero-order chi connectivity index (χ0) is 20.5. The number of nitrogens with zero attached hydrogens (tertiary/aromatic N) is 1. The molecule has 1 heterocycles. The first-order chi connectivity index (χ1) is 13.2. The fourth-order valence-electron chi connectivity index (χ4n) is 2.43. The highest BCUT2D eigenvalue weighted by Gasteiger charge is 2.34. The molecule has 0 atom stereocenters. The van der Waals surface area contributed by atoms with E-state index in [0.717, 1.165) is 36.4 Å². The number of ether oxygens (including phenoxy) is 1. The van der Waals surface area contributed by atoms with Gasteiger partial charge in [0.2, 0.25) is 5.88 Å². The van der Waals surface area contributed by atoms with Crippen molar-refractivity contribution in [2.24, 2.45) is 0 Å². The number of alkyl halides is 3. The monoisotopic (exact) mass is 395 g/mol. The minimum absolute atomic E-state index is 0.207. The fraction of sp³-hybridized carbons (Fsp3) is 0.0526. The van der Waals surface area contributed by atoms with Crippen molar-refractivity contribution in [2.75, 3.05) is 0 Å². The van der Waals surface area contributed by atoms with E-state index in [9.17, 15) is 31.9 Å². The Labute approximate surface area is 154 Å². The van der Waals surface area contributed by atoms with Gasteiger partial charge in [-0.15, -0.1) is 0 Å². The zero-order valence-electron chi connectivity index (χ0n) is 13.8. The average Bonchev–Trinajstić information content (AvgIpc) is 2.63. The van der Waals surface area contributed by atoms with Gasteiger partial charge in [0.1, 0.15) is 11.3 Å². The Morgan fingerprint density at radius 1 is 0.964 bits per heavy atom. The van der Waals surface area contributed by atoms with Crippen LogP contribution in [0, 0.1) is 11.6 Å². The third kappa shape index (κ3) is 3.78. The lowest BCUT2D eigenvalue weighted by molar-refractivity contribution is -0.138. The molecule has 0 aliphatic heterocycles. The second kappa shape index (κ2) is 7.26. The van der Waals surface area contributed by atoms with Gasteiger partial charge in [0.05, 0.1) is 11.3 Å². The summed E-state index contributed by atoms with van der Waals surface area (Å²) >= 11 is 0. The second-order valence-corrected chi connectivity index (χ2v) is 5.55. The van der Waals surface area contributed by atoms with Crippen molar-refractivity contribution in [2.45, 2.75) is 6.18 Å². The maximum absolute atomic E-state index is 14.0. The predicted octanol–water partition coefficient (Wildman–Crippen LogP) is 5.54. The summed E-state index contributed by atoms with van der Waals surface area (Å²) in [5.74, 6) is -5.28. The van der Waals surface area contributed by atoms with Crippen molar-refractivity contribution >= 4 is 5.97 Å². The van der Waals surface area contributed by atoms with Crippen molar-refractivity contribution in [3.05, 3.63) is 77.4 Å². The smallest absolute Gasteiger partial charge is 0.419 e. The summed E-state index contributed by atoms with van der Waals surface area (Å²) in [4.78, 5) is 15.2. The van der Waals surface area contributed by atoms with Crippen molar-refractivity contribution in [3.63, 3.8) is 0 Å². The van der Waals surface area contributed by atoms with Crippen LogP contribution in [0.5, 0.6) is 11.6 Å². The Kier molecular flexibility index (Phi) is 5.00. The standard InChI is InChI=1S/C19H10F5NO3/c20-13-6-3-4-10(16(13)21)14-9-8-11(18(26)27)17(25-14)28-15-7-2-1-5-12(15)19(22,23)24/h1-9H,(H,26,27). The molecule has 0 spiro atoms. The maximum atomic E-state index is 14.0. The third-order valence-electron chi connectivity index (χ3n) is 3.72. The van der Waals surface area contributed by atoms with E-state index in [0.29, 0.717) is 0 Å². The van der Waals surface area contributed by atoms with E-state index < -0.39 is 46.5 Å². The molecule has 0 saturated carbocycles. The number of halogens is 5. The summed E-state index contributed by atoms with van der Waals surface area (Å²) < 4.78 is 72.0. The number of benzene rings is 2. The summed E-state index contributed by atoms with van der Waals surface area (Å²) in [6, 6.07) is 9.51. The topological polar surface area (TPSA) is 59.4 Å². The SMILES string of the molecule is O=C(O)c1ccc(-c2cccc(F)c2F)nc1Oc1ccccc1C(F)(F)F. The van der Waals surface area contributed by atoms with Gasteiger partial charge in [-0.1, -0.05) is 18.2 Å². The van der Waals surface area contributed by atoms with E-state index in [-0.39, 0.29) is 11.3 Å². The number of carbonyl (C=O) groups is 1. The average molecular weight is 395 g/mol. The lowest BCUT2D eigenvalue weighted by Crippen LogP contribution is -2.09. The minimum Gasteiger partial charge on any atom is -0.477 e. The molecule has 3 aromatic rings. The van der Waals surface area contributed by atoms with Crippen LogP contribution in [0.4, 0.5) is 22.0 Å². The Morgan fingerprint density at radius 2 is 1.68 bits per heavy atom. The summed E-state index contributed by atoms with van der Waals surface area (Å²) in [7, 11) is 0. The van der Waals surface area contributed by atoms with Crippen LogP contribution < -0.4 is 4.74 Å². The number of aromatic carboxylic acids is 1. The number of rotatable bonds is 4. The van der Waals surface area contributed by atoms with Crippen LogP contribution in [0.1, 0.15) is 15.9 Å². The Hall–Kier alpha value is -3.49. The number of hydrogen-bond donors (Lipinski definition) is 1. The molecule has 0 aliphatic rings. The van der Waals surface area contributed by atoms with Gasteiger partial charge in [0.15, 0.2) is 11.6 Å². The molecule has 0 fully saturated rings. The highest BCUT2D eigenvalue weighted by Crippen LogP contribution is 2.38. The molecule has 0 aliphatic carbocycles. The van der Waals surface area contributed by atoms with E-state index in [4.69, 9.17) is 4.74 Å². The van der Waals surface area contributed by atoms with Gasteiger partial charge in [0.25, 0.3) is 0 Å². The third-order valence-corrected chi connectivity index (χ3v) is 3.72. The first-order valence-corrected chi connectivity index (χ1v) is 7.71.